The third kappa shape index (κ3) is 18.5. The van der Waals surface area contributed by atoms with E-state index in [1.165, 1.54) is 4.90 Å². The van der Waals surface area contributed by atoms with Crippen LogP contribution in [0.25, 0.3) is 0 Å². The van der Waals surface area contributed by atoms with Gasteiger partial charge in [0.05, 0.1) is 19.3 Å². The zero-order valence-electron chi connectivity index (χ0n) is 17.6. The fourth-order valence-electron chi connectivity index (χ4n) is 2.41. The number of rotatable bonds is 10. The number of nitrogens with zero attached hydrogens (tertiary/aromatic N) is 2. The summed E-state index contributed by atoms with van der Waals surface area (Å²) in [4.78, 5) is 26.9. The molecule has 3 N–H and O–H groups in total. The van der Waals surface area contributed by atoms with Crippen molar-refractivity contribution in [3.63, 3.8) is 0 Å². The summed E-state index contributed by atoms with van der Waals surface area (Å²) < 4.78 is 28.2. The van der Waals surface area contributed by atoms with Gasteiger partial charge in [-0.15, -0.1) is 0 Å². The Morgan fingerprint density at radius 2 is 1.73 bits per heavy atom. The number of unbranched alkanes of at least 4 members (excludes halogenated alkanes) is 1. The summed E-state index contributed by atoms with van der Waals surface area (Å²) in [5.74, 6) is 4.59. The third-order valence-corrected chi connectivity index (χ3v) is 3.82. The first-order valence-corrected chi connectivity index (χ1v) is 9.10. The third-order valence-electron chi connectivity index (χ3n) is 3.82. The number of aliphatic carboxylic acids is 2. The minimum absolute atomic E-state index is 0. The molecule has 1 aromatic heterocycles. The Kier molecular flexibility index (Phi) is 25.3. The molecule has 1 fully saturated rings. The molecule has 0 aliphatic carbocycles. The van der Waals surface area contributed by atoms with Crippen LogP contribution < -0.4 is 10.1 Å². The Balaban J connectivity index is -0.00000119. The molecule has 0 bridgehead atoms. The Morgan fingerprint density at radius 3 is 2.21 bits per heavy atom. The van der Waals surface area contributed by atoms with Crippen molar-refractivity contribution in [2.24, 2.45) is 0 Å². The maximum Gasteiger partial charge on any atom is 0 e. The van der Waals surface area contributed by atoms with E-state index in [0.29, 0.717) is 37.8 Å². The summed E-state index contributed by atoms with van der Waals surface area (Å²) in [7, 11) is 0. The average Bonchev–Trinajstić information content (AvgIpc) is 2.76. The van der Waals surface area contributed by atoms with Gasteiger partial charge >= 0.3 is 45.8 Å². The molecule has 1 atom stereocenters. The number of carbonyl (C=O) groups is 2. The maximum absolute atomic E-state index is 10.7. The van der Waals surface area contributed by atoms with Crippen LogP contribution in [0, 0.1) is 31.8 Å². The van der Waals surface area contributed by atoms with Crippen molar-refractivity contribution in [3.8, 4) is 17.6 Å². The molecule has 0 unspecified atom stereocenters. The molecule has 0 saturated carbocycles. The molecule has 0 spiro atoms. The van der Waals surface area contributed by atoms with E-state index in [0.717, 1.165) is 18.5 Å². The molecule has 1 aliphatic heterocycles. The quantitative estimate of drug-likeness (QED) is 0.143. The number of aromatic nitrogens is 1. The zero-order chi connectivity index (χ0) is 24.8. The van der Waals surface area contributed by atoms with Gasteiger partial charge in [0.2, 0.25) is 0 Å². The number of carboxylic acid groups (broad SMARTS) is 2. The predicted octanol–water partition coefficient (Wildman–Crippen LogP) is 0.310. The van der Waals surface area contributed by atoms with Crippen LogP contribution in [-0.2, 0) is 44.0 Å². The number of hydrogen-bond acceptors (Lipinski definition) is 6. The smallest absolute Gasteiger partial charge is 0 e. The first-order chi connectivity index (χ1) is 15.5. The predicted molar refractivity (Wildman–Crippen MR) is 106 cm³/mol. The van der Waals surface area contributed by atoms with Crippen molar-refractivity contribution < 1.29 is 58.9 Å². The van der Waals surface area contributed by atoms with Crippen LogP contribution in [-0.4, -0.2) is 70.9 Å². The number of carboxylic acids is 2. The molecule has 33 heavy (non-hydrogen) atoms. The van der Waals surface area contributed by atoms with Crippen molar-refractivity contribution in [2.45, 2.75) is 25.3 Å². The van der Waals surface area contributed by atoms with Crippen molar-refractivity contribution in [1.29, 1.82) is 0 Å². The van der Waals surface area contributed by atoms with Gasteiger partial charge in [-0.2, -0.15) is 0 Å². The van der Waals surface area contributed by atoms with E-state index in [4.69, 9.17) is 28.9 Å². The number of ether oxygens (including phenoxy) is 1. The van der Waals surface area contributed by atoms with Gasteiger partial charge in [-0.25, -0.2) is 0 Å². The van der Waals surface area contributed by atoms with Gasteiger partial charge in [0.25, 0.3) is 0 Å². The first kappa shape index (κ1) is 34.9. The van der Waals surface area contributed by atoms with Gasteiger partial charge in [-0.1, -0.05) is 11.8 Å². The van der Waals surface area contributed by atoms with Crippen molar-refractivity contribution in [1.82, 2.24) is 15.2 Å². The molecule has 2 heterocycles. The van der Waals surface area contributed by atoms with Gasteiger partial charge in [-0.3, -0.25) is 19.5 Å². The van der Waals surface area contributed by atoms with E-state index in [-0.39, 0.29) is 33.5 Å². The Bertz CT molecular complexity index is 783. The summed E-state index contributed by atoms with van der Waals surface area (Å²) in [5.41, 5.74) is 0.747. The molecule has 2 rings (SSSR count). The van der Waals surface area contributed by atoms with Crippen molar-refractivity contribution >= 4 is 11.9 Å². The second-order valence-corrected chi connectivity index (χ2v) is 6.06. The van der Waals surface area contributed by atoms with Gasteiger partial charge in [0, 0.05) is 51.2 Å². The zero-order valence-corrected chi connectivity index (χ0v) is 20.3. The Morgan fingerprint density at radius 1 is 1.15 bits per heavy atom. The molecule has 0 aromatic carbocycles. The maximum atomic E-state index is 10.7. The topological polar surface area (TPSA) is 172 Å². The number of pyridine rings is 1. The van der Waals surface area contributed by atoms with Crippen molar-refractivity contribution in [2.75, 3.05) is 32.8 Å². The fourth-order valence-corrected chi connectivity index (χ4v) is 2.41. The second kappa shape index (κ2) is 23.9. The van der Waals surface area contributed by atoms with Crippen LogP contribution in [0.5, 0.6) is 5.75 Å². The average molecular weight is 632 g/mol. The van der Waals surface area contributed by atoms with Crippen LogP contribution in [0.3, 0.4) is 0 Å². The van der Waals surface area contributed by atoms with Crippen LogP contribution in [0.1, 0.15) is 24.8 Å². The molecule has 177 valence electrons. The number of nitrogens with one attached hydrogen (secondary N) is 1. The molecular formula is C21H23N3O8Re. The van der Waals surface area contributed by atoms with E-state index in [9.17, 15) is 9.59 Å². The number of hydrogen-bond donors (Lipinski definition) is 3. The summed E-state index contributed by atoms with van der Waals surface area (Å²) in [6, 6.07) is 2.24. The van der Waals surface area contributed by atoms with Gasteiger partial charge in [0.1, 0.15) is 12.4 Å². The van der Waals surface area contributed by atoms with E-state index < -0.39 is 11.9 Å². The van der Waals surface area contributed by atoms with Gasteiger partial charge in [-0.05, 0) is 25.5 Å². The van der Waals surface area contributed by atoms with Crippen LogP contribution in [0.2, 0.25) is 0 Å². The SMILES string of the molecule is O=C(O)CN(CCCC#Cc1cncc(OC[C@@H]2CCN2)c1)CC(=O)O.[C-]#[O+].[C-]#[O+].[C-]#[O+].[Re]. The van der Waals surface area contributed by atoms with E-state index >= 15 is 0 Å². The Hall–Kier alpha value is -2.75. The Labute approximate surface area is 205 Å². The summed E-state index contributed by atoms with van der Waals surface area (Å²) in [5, 5.41) is 20.8. The molecular weight excluding hydrogens is 608 g/mol. The summed E-state index contributed by atoms with van der Waals surface area (Å²) in [6.45, 7) is 14.9. The molecule has 12 heteroatoms. The first-order valence-electron chi connectivity index (χ1n) is 9.10. The molecule has 11 nitrogen and oxygen atoms in total. The minimum atomic E-state index is -1.04. The molecule has 0 amide bonds. The van der Waals surface area contributed by atoms with E-state index in [1.807, 2.05) is 6.07 Å². The normalized spacial score (nSPS) is 12.5. The molecule has 1 radical (unpaired) electrons. The second-order valence-electron chi connectivity index (χ2n) is 6.06. The summed E-state index contributed by atoms with van der Waals surface area (Å²) in [6.07, 6.45) is 5.55. The van der Waals surface area contributed by atoms with Crippen LogP contribution in [0.4, 0.5) is 0 Å². The molecule has 1 aromatic rings. The molecule has 1 aliphatic rings. The minimum Gasteiger partial charge on any atom is 0 e. The standard InChI is InChI=1S/C18H23N3O5.3CO.Re/c22-17(23)11-21(12-18(24)25)7-3-1-2-4-14-8-16(10-19-9-14)26-13-15-5-6-20-15;3*1-2;/h8-10,15,20H,1,3,5-7,11-13H2,(H,22,23)(H,24,25);;;;/t15-;;;;/m0..../s1. The summed E-state index contributed by atoms with van der Waals surface area (Å²) >= 11 is 0. The van der Waals surface area contributed by atoms with E-state index in [2.05, 4.69) is 42.1 Å². The van der Waals surface area contributed by atoms with Crippen molar-refractivity contribution in [3.05, 3.63) is 44.0 Å². The van der Waals surface area contributed by atoms with Crippen LogP contribution >= 0.6 is 0 Å². The van der Waals surface area contributed by atoms with Gasteiger partial charge < -0.3 is 20.3 Å². The monoisotopic (exact) mass is 632 g/mol. The van der Waals surface area contributed by atoms with Crippen LogP contribution in [0.15, 0.2) is 18.5 Å². The largest absolute Gasteiger partial charge is 0 e. The van der Waals surface area contributed by atoms with Gasteiger partial charge in [0.15, 0.2) is 0 Å². The van der Waals surface area contributed by atoms with E-state index in [1.54, 1.807) is 12.4 Å². The molecule has 1 saturated heterocycles. The fraction of sp³-hybridized carbons (Fsp3) is 0.429.